The molecule has 28 heavy (non-hydrogen) atoms. The molecule has 1 aliphatic carbocycles. The number of hydrogen-bond donors (Lipinski definition) is 3. The molecule has 0 radical (unpaired) electrons. The fourth-order valence-electron chi connectivity index (χ4n) is 3.47. The van der Waals surface area contributed by atoms with Gasteiger partial charge in [-0.3, -0.25) is 0 Å². The van der Waals surface area contributed by atoms with Crippen LogP contribution in [0, 0.1) is 5.92 Å². The first-order valence-electron chi connectivity index (χ1n) is 9.41. The van der Waals surface area contributed by atoms with Gasteiger partial charge in [0.05, 0.1) is 33.0 Å². The molecule has 0 bridgehead atoms. The van der Waals surface area contributed by atoms with Gasteiger partial charge in [0, 0.05) is 11.5 Å². The van der Waals surface area contributed by atoms with Gasteiger partial charge in [-0.1, -0.05) is 18.2 Å². The van der Waals surface area contributed by atoms with Crippen LogP contribution in [0.1, 0.15) is 39.2 Å². The number of alkyl carbamates (subject to hydrolysis) is 1. The summed E-state index contributed by atoms with van der Waals surface area (Å²) in [6.07, 6.45) is 1.68. The molecule has 156 valence electrons. The number of aliphatic hydroxyl groups is 2. The van der Waals surface area contributed by atoms with Gasteiger partial charge in [-0.2, -0.15) is 0 Å². The third-order valence-corrected chi connectivity index (χ3v) is 4.64. The average molecular weight is 393 g/mol. The molecule has 1 aromatic carbocycles. The van der Waals surface area contributed by atoms with E-state index in [1.807, 2.05) is 12.1 Å². The second kappa shape index (κ2) is 9.30. The summed E-state index contributed by atoms with van der Waals surface area (Å²) in [5.74, 6) is 0.895. The van der Waals surface area contributed by atoms with Gasteiger partial charge in [0.2, 0.25) is 0 Å². The van der Waals surface area contributed by atoms with Gasteiger partial charge in [0.25, 0.3) is 0 Å². The van der Waals surface area contributed by atoms with Crippen molar-refractivity contribution in [2.75, 3.05) is 20.8 Å². The Labute approximate surface area is 166 Å². The molecule has 0 aliphatic heterocycles. The van der Waals surface area contributed by atoms with Crippen LogP contribution < -0.4 is 14.8 Å². The van der Waals surface area contributed by atoms with E-state index < -0.39 is 23.8 Å². The van der Waals surface area contributed by atoms with E-state index in [9.17, 15) is 15.0 Å². The van der Waals surface area contributed by atoms with Gasteiger partial charge in [-0.25, -0.2) is 4.79 Å². The quantitative estimate of drug-likeness (QED) is 0.688. The smallest absolute Gasteiger partial charge is 0.407 e. The van der Waals surface area contributed by atoms with Crippen molar-refractivity contribution in [1.29, 1.82) is 0 Å². The fourth-order valence-corrected chi connectivity index (χ4v) is 3.47. The number of hydrogen-bond acceptors (Lipinski definition) is 6. The maximum absolute atomic E-state index is 12.2. The molecular formula is C21H31NO6. The van der Waals surface area contributed by atoms with E-state index in [1.165, 1.54) is 0 Å². The molecule has 0 saturated heterocycles. The second-order valence-corrected chi connectivity index (χ2v) is 7.85. The van der Waals surface area contributed by atoms with E-state index in [0.717, 1.165) is 11.1 Å². The highest BCUT2D eigenvalue weighted by Crippen LogP contribution is 2.42. The summed E-state index contributed by atoms with van der Waals surface area (Å²) in [4.78, 5) is 12.2. The molecule has 1 aliphatic rings. The molecule has 0 fully saturated rings. The van der Waals surface area contributed by atoms with Gasteiger partial charge in [-0.05, 0) is 45.3 Å². The van der Waals surface area contributed by atoms with E-state index in [-0.39, 0.29) is 12.5 Å². The van der Waals surface area contributed by atoms with Gasteiger partial charge in [0.15, 0.2) is 11.5 Å². The first-order chi connectivity index (χ1) is 13.2. The molecule has 1 amide bonds. The number of carbonyl (C=O) groups excluding carboxylic acids is 1. The molecule has 2 rings (SSSR count). The highest BCUT2D eigenvalue weighted by molar-refractivity contribution is 5.77. The number of methoxy groups -OCH3 is 2. The van der Waals surface area contributed by atoms with Crippen LogP contribution in [-0.4, -0.2) is 54.9 Å². The molecule has 3 atom stereocenters. The summed E-state index contributed by atoms with van der Waals surface area (Å²) in [5, 5.41) is 23.0. The maximum Gasteiger partial charge on any atom is 0.407 e. The lowest BCUT2D eigenvalue weighted by atomic mass is 9.78. The van der Waals surface area contributed by atoms with Crippen LogP contribution >= 0.6 is 0 Å². The van der Waals surface area contributed by atoms with Crippen molar-refractivity contribution < 1.29 is 29.2 Å². The molecule has 0 saturated carbocycles. The summed E-state index contributed by atoms with van der Waals surface area (Å²) >= 11 is 0. The third kappa shape index (κ3) is 5.39. The highest BCUT2D eigenvalue weighted by atomic mass is 16.6. The van der Waals surface area contributed by atoms with E-state index in [4.69, 9.17) is 14.2 Å². The largest absolute Gasteiger partial charge is 0.493 e. The SMILES string of the molecule is COc1cccc(C2=C[C@H](O)CC[C@H]2[C@@H](CO)NC(=O)OC(C)(C)C)c1OC. The first kappa shape index (κ1) is 22.0. The number of ether oxygens (including phenoxy) is 3. The predicted octanol–water partition coefficient (Wildman–Crippen LogP) is 2.74. The average Bonchev–Trinajstić information content (AvgIpc) is 2.64. The predicted molar refractivity (Wildman–Crippen MR) is 106 cm³/mol. The minimum atomic E-state index is -0.637. The molecule has 0 heterocycles. The second-order valence-electron chi connectivity index (χ2n) is 7.85. The Morgan fingerprint density at radius 2 is 1.96 bits per heavy atom. The van der Waals surface area contributed by atoms with E-state index in [1.54, 1.807) is 47.1 Å². The van der Waals surface area contributed by atoms with Crippen LogP contribution in [0.5, 0.6) is 11.5 Å². The van der Waals surface area contributed by atoms with Gasteiger partial charge >= 0.3 is 6.09 Å². The van der Waals surface area contributed by atoms with Crippen LogP contribution in [0.25, 0.3) is 5.57 Å². The van der Waals surface area contributed by atoms with Crippen molar-refractivity contribution in [1.82, 2.24) is 5.32 Å². The molecule has 0 unspecified atom stereocenters. The van der Waals surface area contributed by atoms with Crippen molar-refractivity contribution in [2.24, 2.45) is 5.92 Å². The van der Waals surface area contributed by atoms with Crippen molar-refractivity contribution >= 4 is 11.7 Å². The standard InChI is InChI=1S/C21H31NO6/c1-21(2,3)28-20(25)22-17(12-23)14-10-9-13(24)11-16(14)15-7-6-8-18(26-4)19(15)27-5/h6-8,11,13-14,17,23-24H,9-10,12H2,1-5H3,(H,22,25)/t13-,14-,17-/m1/s1. The highest BCUT2D eigenvalue weighted by Gasteiger charge is 2.33. The Hall–Kier alpha value is -2.25. The zero-order valence-electron chi connectivity index (χ0n) is 17.2. The van der Waals surface area contributed by atoms with Crippen LogP contribution in [0.2, 0.25) is 0 Å². The number of nitrogens with one attached hydrogen (secondary N) is 1. The molecule has 1 aromatic rings. The number of aliphatic hydroxyl groups excluding tert-OH is 2. The minimum absolute atomic E-state index is 0.220. The van der Waals surface area contributed by atoms with Crippen molar-refractivity contribution in [3.05, 3.63) is 29.8 Å². The lowest BCUT2D eigenvalue weighted by Gasteiger charge is -2.34. The van der Waals surface area contributed by atoms with Crippen LogP contribution in [-0.2, 0) is 4.74 Å². The molecule has 7 nitrogen and oxygen atoms in total. The van der Waals surface area contributed by atoms with Crippen LogP contribution in [0.4, 0.5) is 4.79 Å². The summed E-state index contributed by atoms with van der Waals surface area (Å²) in [5.41, 5.74) is 0.918. The van der Waals surface area contributed by atoms with E-state index >= 15 is 0 Å². The molecule has 0 spiro atoms. The molecule has 7 heteroatoms. The Kier molecular flexibility index (Phi) is 7.32. The normalized spacial score (nSPS) is 20.8. The topological polar surface area (TPSA) is 97.2 Å². The number of rotatable bonds is 6. The number of para-hydroxylation sites is 1. The van der Waals surface area contributed by atoms with E-state index in [0.29, 0.717) is 24.3 Å². The summed E-state index contributed by atoms with van der Waals surface area (Å²) in [6.45, 7) is 5.08. The molecular weight excluding hydrogens is 362 g/mol. The lowest BCUT2D eigenvalue weighted by Crippen LogP contribution is -2.46. The number of carbonyl (C=O) groups is 1. The molecule has 3 N–H and O–H groups in total. The fraction of sp³-hybridized carbons (Fsp3) is 0.571. The monoisotopic (exact) mass is 393 g/mol. The van der Waals surface area contributed by atoms with Crippen molar-refractivity contribution in [3.8, 4) is 11.5 Å². The lowest BCUT2D eigenvalue weighted by molar-refractivity contribution is 0.0460. The summed E-state index contributed by atoms with van der Waals surface area (Å²) < 4.78 is 16.3. The Balaban J connectivity index is 2.37. The Morgan fingerprint density at radius 1 is 1.25 bits per heavy atom. The van der Waals surface area contributed by atoms with E-state index in [2.05, 4.69) is 5.32 Å². The van der Waals surface area contributed by atoms with Crippen LogP contribution in [0.15, 0.2) is 24.3 Å². The molecule has 0 aromatic heterocycles. The number of amides is 1. The van der Waals surface area contributed by atoms with Crippen molar-refractivity contribution in [3.63, 3.8) is 0 Å². The zero-order valence-corrected chi connectivity index (χ0v) is 17.2. The minimum Gasteiger partial charge on any atom is -0.493 e. The van der Waals surface area contributed by atoms with Gasteiger partial charge in [-0.15, -0.1) is 0 Å². The number of benzene rings is 1. The Morgan fingerprint density at radius 3 is 2.54 bits per heavy atom. The first-order valence-corrected chi connectivity index (χ1v) is 9.41. The summed E-state index contributed by atoms with van der Waals surface area (Å²) in [6, 6.07) is 4.94. The maximum atomic E-state index is 12.2. The van der Waals surface area contributed by atoms with Crippen LogP contribution in [0.3, 0.4) is 0 Å². The Bertz CT molecular complexity index is 709. The summed E-state index contributed by atoms with van der Waals surface area (Å²) in [7, 11) is 3.11. The third-order valence-electron chi connectivity index (χ3n) is 4.64. The van der Waals surface area contributed by atoms with Gasteiger partial charge in [0.1, 0.15) is 5.60 Å². The zero-order chi connectivity index (χ0) is 20.9. The van der Waals surface area contributed by atoms with Gasteiger partial charge < -0.3 is 29.7 Å². The van der Waals surface area contributed by atoms with Crippen molar-refractivity contribution in [2.45, 2.75) is 51.4 Å².